The van der Waals surface area contributed by atoms with Crippen LogP contribution in [-0.2, 0) is 14.8 Å². The van der Waals surface area contributed by atoms with Crippen LogP contribution < -0.4 is 14.8 Å². The minimum atomic E-state index is -3.74. The van der Waals surface area contributed by atoms with Crippen LogP contribution in [0.2, 0.25) is 0 Å². The molecule has 0 radical (unpaired) electrons. The van der Waals surface area contributed by atoms with Gasteiger partial charge in [-0.3, -0.25) is 9.52 Å². The predicted molar refractivity (Wildman–Crippen MR) is 109 cm³/mol. The quantitative estimate of drug-likeness (QED) is 0.613. The molecule has 0 aromatic heterocycles. The number of rotatable bonds is 7. The van der Waals surface area contributed by atoms with Gasteiger partial charge in [-0.25, -0.2) is 12.8 Å². The van der Waals surface area contributed by atoms with E-state index in [2.05, 4.69) is 10.0 Å². The van der Waals surface area contributed by atoms with Crippen molar-refractivity contribution in [3.05, 3.63) is 84.2 Å². The number of benzene rings is 3. The Kier molecular flexibility index (Phi) is 6.13. The first-order valence-electron chi connectivity index (χ1n) is 8.70. The van der Waals surface area contributed by atoms with Crippen LogP contribution in [0.15, 0.2) is 77.7 Å². The largest absolute Gasteiger partial charge is 0.484 e. The van der Waals surface area contributed by atoms with Gasteiger partial charge in [-0.05, 0) is 61.5 Å². The SMILES string of the molecule is Cc1ccc(NS(=O)(=O)c2ccc(OCC(=O)Nc3cccc(F)c3)cc2)cc1. The van der Waals surface area contributed by atoms with Crippen molar-refractivity contribution in [2.75, 3.05) is 16.6 Å². The zero-order valence-electron chi connectivity index (χ0n) is 15.6. The fourth-order valence-electron chi connectivity index (χ4n) is 2.46. The third kappa shape index (κ3) is 5.79. The van der Waals surface area contributed by atoms with Gasteiger partial charge >= 0.3 is 0 Å². The molecule has 150 valence electrons. The van der Waals surface area contributed by atoms with E-state index in [0.29, 0.717) is 17.1 Å². The van der Waals surface area contributed by atoms with Gasteiger partial charge in [0.2, 0.25) is 0 Å². The molecule has 0 saturated heterocycles. The molecule has 0 saturated carbocycles. The maximum Gasteiger partial charge on any atom is 0.262 e. The molecule has 0 fully saturated rings. The number of amides is 1. The zero-order chi connectivity index (χ0) is 20.9. The van der Waals surface area contributed by atoms with E-state index in [-0.39, 0.29) is 11.5 Å². The number of sulfonamides is 1. The molecule has 8 heteroatoms. The number of nitrogens with one attached hydrogen (secondary N) is 2. The van der Waals surface area contributed by atoms with Gasteiger partial charge in [-0.2, -0.15) is 0 Å². The smallest absolute Gasteiger partial charge is 0.262 e. The number of carbonyl (C=O) groups is 1. The molecule has 0 spiro atoms. The molecule has 0 atom stereocenters. The lowest BCUT2D eigenvalue weighted by atomic mass is 10.2. The standard InChI is InChI=1S/C21H19FN2O4S/c1-15-5-7-17(8-6-15)24-29(26,27)20-11-9-19(10-12-20)28-14-21(25)23-18-4-2-3-16(22)13-18/h2-13,24H,14H2,1H3,(H,23,25). The van der Waals surface area contributed by atoms with Gasteiger partial charge < -0.3 is 10.1 Å². The summed E-state index contributed by atoms with van der Waals surface area (Å²) in [5.74, 6) is -0.596. The first kappa shape index (κ1) is 20.3. The van der Waals surface area contributed by atoms with E-state index in [1.807, 2.05) is 19.1 Å². The van der Waals surface area contributed by atoms with E-state index in [1.165, 1.54) is 42.5 Å². The van der Waals surface area contributed by atoms with Crippen LogP contribution in [0.5, 0.6) is 5.75 Å². The van der Waals surface area contributed by atoms with Crippen molar-refractivity contribution in [1.82, 2.24) is 0 Å². The molecule has 0 bridgehead atoms. The van der Waals surface area contributed by atoms with Gasteiger partial charge in [0, 0.05) is 11.4 Å². The highest BCUT2D eigenvalue weighted by atomic mass is 32.2. The molecule has 0 heterocycles. The monoisotopic (exact) mass is 414 g/mol. The summed E-state index contributed by atoms with van der Waals surface area (Å²) in [6.07, 6.45) is 0. The topological polar surface area (TPSA) is 84.5 Å². The molecule has 6 nitrogen and oxygen atoms in total. The Morgan fingerprint density at radius 3 is 2.31 bits per heavy atom. The average Bonchev–Trinajstić information content (AvgIpc) is 2.68. The number of carbonyl (C=O) groups excluding carboxylic acids is 1. The summed E-state index contributed by atoms with van der Waals surface area (Å²) in [6.45, 7) is 1.61. The number of ether oxygens (including phenoxy) is 1. The Labute approximate surface area is 168 Å². The lowest BCUT2D eigenvalue weighted by Gasteiger charge is -2.10. The van der Waals surface area contributed by atoms with E-state index in [9.17, 15) is 17.6 Å². The average molecular weight is 414 g/mol. The van der Waals surface area contributed by atoms with Gasteiger partial charge in [0.05, 0.1) is 4.90 Å². The predicted octanol–water partition coefficient (Wildman–Crippen LogP) is 3.95. The maximum atomic E-state index is 13.1. The number of halogens is 1. The van der Waals surface area contributed by atoms with Crippen molar-refractivity contribution in [2.45, 2.75) is 11.8 Å². The second-order valence-corrected chi connectivity index (χ2v) is 7.97. The summed E-state index contributed by atoms with van der Waals surface area (Å²) in [5.41, 5.74) is 1.81. The molecule has 2 N–H and O–H groups in total. The van der Waals surface area contributed by atoms with Crippen molar-refractivity contribution < 1.29 is 22.3 Å². The van der Waals surface area contributed by atoms with Crippen LogP contribution >= 0.6 is 0 Å². The summed E-state index contributed by atoms with van der Waals surface area (Å²) in [4.78, 5) is 12.0. The molecule has 0 aliphatic heterocycles. The Balaban J connectivity index is 1.58. The fraction of sp³-hybridized carbons (Fsp3) is 0.0952. The van der Waals surface area contributed by atoms with Crippen LogP contribution in [0, 0.1) is 12.7 Å². The number of aryl methyl sites for hydroxylation is 1. The highest BCUT2D eigenvalue weighted by Gasteiger charge is 2.14. The van der Waals surface area contributed by atoms with Gasteiger partial charge in [-0.1, -0.05) is 23.8 Å². The second kappa shape index (κ2) is 8.74. The normalized spacial score (nSPS) is 11.0. The van der Waals surface area contributed by atoms with E-state index in [1.54, 1.807) is 18.2 Å². The fourth-order valence-corrected chi connectivity index (χ4v) is 3.52. The summed E-state index contributed by atoms with van der Waals surface area (Å²) in [7, 11) is -3.74. The molecule has 3 aromatic carbocycles. The van der Waals surface area contributed by atoms with Crippen molar-refractivity contribution >= 4 is 27.3 Å². The van der Waals surface area contributed by atoms with Crippen molar-refractivity contribution in [3.8, 4) is 5.75 Å². The van der Waals surface area contributed by atoms with Crippen LogP contribution in [0.4, 0.5) is 15.8 Å². The number of anilines is 2. The Bertz CT molecular complexity index is 1100. The molecule has 1 amide bonds. The molecule has 0 aliphatic rings. The summed E-state index contributed by atoms with van der Waals surface area (Å²) >= 11 is 0. The maximum absolute atomic E-state index is 13.1. The minimum absolute atomic E-state index is 0.0645. The Morgan fingerprint density at radius 2 is 1.66 bits per heavy atom. The van der Waals surface area contributed by atoms with Crippen LogP contribution in [0.3, 0.4) is 0 Å². The summed E-state index contributed by atoms with van der Waals surface area (Å²) < 4.78 is 45.9. The highest BCUT2D eigenvalue weighted by molar-refractivity contribution is 7.92. The van der Waals surface area contributed by atoms with Crippen molar-refractivity contribution in [3.63, 3.8) is 0 Å². The van der Waals surface area contributed by atoms with Gasteiger partial charge in [0.25, 0.3) is 15.9 Å². The molecule has 0 aliphatic carbocycles. The highest BCUT2D eigenvalue weighted by Crippen LogP contribution is 2.20. The Morgan fingerprint density at radius 1 is 0.966 bits per heavy atom. The van der Waals surface area contributed by atoms with E-state index >= 15 is 0 Å². The molecular formula is C21H19FN2O4S. The molecule has 0 unspecified atom stereocenters. The van der Waals surface area contributed by atoms with E-state index in [0.717, 1.165) is 5.56 Å². The van der Waals surface area contributed by atoms with E-state index < -0.39 is 21.7 Å². The van der Waals surface area contributed by atoms with Crippen molar-refractivity contribution in [2.24, 2.45) is 0 Å². The van der Waals surface area contributed by atoms with E-state index in [4.69, 9.17) is 4.74 Å². The van der Waals surface area contributed by atoms with Gasteiger partial charge in [0.1, 0.15) is 11.6 Å². The molecule has 29 heavy (non-hydrogen) atoms. The molecular weight excluding hydrogens is 395 g/mol. The Hall–Kier alpha value is -3.39. The third-order valence-corrected chi connectivity index (χ3v) is 5.31. The van der Waals surface area contributed by atoms with Gasteiger partial charge in [-0.15, -0.1) is 0 Å². The lowest BCUT2D eigenvalue weighted by Crippen LogP contribution is -2.20. The number of hydrogen-bond acceptors (Lipinski definition) is 4. The second-order valence-electron chi connectivity index (χ2n) is 6.29. The first-order chi connectivity index (χ1) is 13.8. The summed E-state index contributed by atoms with van der Waals surface area (Å²) in [5, 5.41) is 2.51. The number of hydrogen-bond donors (Lipinski definition) is 2. The zero-order valence-corrected chi connectivity index (χ0v) is 16.4. The van der Waals surface area contributed by atoms with Crippen LogP contribution in [0.25, 0.3) is 0 Å². The van der Waals surface area contributed by atoms with Crippen LogP contribution in [0.1, 0.15) is 5.56 Å². The molecule has 3 aromatic rings. The first-order valence-corrected chi connectivity index (χ1v) is 10.2. The summed E-state index contributed by atoms with van der Waals surface area (Å²) in [6, 6.07) is 18.2. The molecule has 3 rings (SSSR count). The van der Waals surface area contributed by atoms with Crippen LogP contribution in [-0.4, -0.2) is 20.9 Å². The van der Waals surface area contributed by atoms with Gasteiger partial charge in [0.15, 0.2) is 6.61 Å². The van der Waals surface area contributed by atoms with Crippen molar-refractivity contribution in [1.29, 1.82) is 0 Å². The third-order valence-electron chi connectivity index (χ3n) is 3.92. The lowest BCUT2D eigenvalue weighted by molar-refractivity contribution is -0.118. The minimum Gasteiger partial charge on any atom is -0.484 e.